The van der Waals surface area contributed by atoms with Crippen molar-refractivity contribution in [1.29, 1.82) is 0 Å². The van der Waals surface area contributed by atoms with Gasteiger partial charge in [0, 0.05) is 26.2 Å². The van der Waals surface area contributed by atoms with Gasteiger partial charge in [-0.3, -0.25) is 4.79 Å². The summed E-state index contributed by atoms with van der Waals surface area (Å²) in [6.45, 7) is 9.98. The smallest absolute Gasteiger partial charge is 0.243 e. The maximum absolute atomic E-state index is 13.4. The molecule has 2 aromatic carbocycles. The number of hydrogen-bond donors (Lipinski definition) is 0. The molecule has 0 unspecified atom stereocenters. The number of hydrogen-bond acceptors (Lipinski definition) is 5. The fraction of sp³-hybridized carbons (Fsp3) is 0.458. The zero-order valence-electron chi connectivity index (χ0n) is 19.1. The highest BCUT2D eigenvalue weighted by Crippen LogP contribution is 2.31. The van der Waals surface area contributed by atoms with Gasteiger partial charge in [0.1, 0.15) is 13.2 Å². The van der Waals surface area contributed by atoms with Crippen molar-refractivity contribution in [3.05, 3.63) is 52.1 Å². The van der Waals surface area contributed by atoms with Crippen molar-refractivity contribution in [1.82, 2.24) is 9.21 Å². The summed E-state index contributed by atoms with van der Waals surface area (Å²) in [4.78, 5) is 15.0. The summed E-state index contributed by atoms with van der Waals surface area (Å²) < 4.78 is 39.5. The van der Waals surface area contributed by atoms with E-state index in [1.807, 2.05) is 52.0 Å². The summed E-state index contributed by atoms with van der Waals surface area (Å²) >= 11 is 0. The molecule has 1 fully saturated rings. The first-order valence-electron chi connectivity index (χ1n) is 10.9. The zero-order valence-corrected chi connectivity index (χ0v) is 19.9. The molecule has 172 valence electrons. The van der Waals surface area contributed by atoms with Crippen molar-refractivity contribution in [2.24, 2.45) is 0 Å². The normalized spacial score (nSPS) is 16.8. The maximum Gasteiger partial charge on any atom is 0.243 e. The van der Waals surface area contributed by atoms with Crippen LogP contribution in [0, 0.1) is 27.7 Å². The van der Waals surface area contributed by atoms with Gasteiger partial charge in [-0.2, -0.15) is 4.31 Å². The fourth-order valence-electron chi connectivity index (χ4n) is 4.36. The number of aryl methyl sites for hydroxylation is 2. The molecule has 0 bridgehead atoms. The molecule has 0 aliphatic carbocycles. The lowest BCUT2D eigenvalue weighted by atomic mass is 10.0. The van der Waals surface area contributed by atoms with Crippen molar-refractivity contribution in [3.8, 4) is 11.5 Å². The molecule has 32 heavy (non-hydrogen) atoms. The number of sulfonamides is 1. The number of fused-ring (bicyclic) bond motifs is 1. The van der Waals surface area contributed by atoms with Gasteiger partial charge < -0.3 is 14.4 Å². The van der Waals surface area contributed by atoms with E-state index in [9.17, 15) is 13.2 Å². The Kier molecular flexibility index (Phi) is 6.18. The molecule has 1 saturated heterocycles. The van der Waals surface area contributed by atoms with Crippen molar-refractivity contribution < 1.29 is 22.7 Å². The molecular weight excluding hydrogens is 428 g/mol. The molecule has 1 amide bonds. The highest BCUT2D eigenvalue weighted by molar-refractivity contribution is 7.89. The Morgan fingerprint density at radius 1 is 0.875 bits per heavy atom. The van der Waals surface area contributed by atoms with Gasteiger partial charge in [0.25, 0.3) is 0 Å². The van der Waals surface area contributed by atoms with E-state index < -0.39 is 10.0 Å². The lowest BCUT2D eigenvalue weighted by Crippen LogP contribution is -2.51. The van der Waals surface area contributed by atoms with Crippen LogP contribution in [0.25, 0.3) is 0 Å². The number of carbonyl (C=O) groups excluding carboxylic acids is 1. The van der Waals surface area contributed by atoms with E-state index in [0.717, 1.165) is 27.8 Å². The van der Waals surface area contributed by atoms with Gasteiger partial charge in [-0.1, -0.05) is 12.1 Å². The summed E-state index contributed by atoms with van der Waals surface area (Å²) in [5, 5.41) is 0. The third-order valence-electron chi connectivity index (χ3n) is 6.45. The average molecular weight is 459 g/mol. The van der Waals surface area contributed by atoms with Gasteiger partial charge in [-0.25, -0.2) is 8.42 Å². The summed E-state index contributed by atoms with van der Waals surface area (Å²) in [5.41, 5.74) is 4.39. The van der Waals surface area contributed by atoms with Crippen LogP contribution in [0.3, 0.4) is 0 Å². The Hall–Kier alpha value is -2.58. The first-order valence-corrected chi connectivity index (χ1v) is 12.4. The fourth-order valence-corrected chi connectivity index (χ4v) is 6.36. The molecule has 0 radical (unpaired) electrons. The molecule has 0 atom stereocenters. The molecule has 2 aromatic rings. The monoisotopic (exact) mass is 458 g/mol. The molecule has 4 rings (SSSR count). The lowest BCUT2D eigenvalue weighted by Gasteiger charge is -2.35. The Morgan fingerprint density at radius 3 is 2.09 bits per heavy atom. The number of rotatable bonds is 4. The minimum atomic E-state index is -3.62. The molecule has 8 heteroatoms. The number of ether oxygens (including phenoxy) is 2. The van der Waals surface area contributed by atoms with Gasteiger partial charge in [0.2, 0.25) is 15.9 Å². The second-order valence-electron chi connectivity index (χ2n) is 8.53. The third kappa shape index (κ3) is 4.21. The summed E-state index contributed by atoms with van der Waals surface area (Å²) in [5.74, 6) is 1.34. The highest BCUT2D eigenvalue weighted by Gasteiger charge is 2.33. The first kappa shape index (κ1) is 22.6. The van der Waals surface area contributed by atoms with E-state index in [-0.39, 0.29) is 12.3 Å². The van der Waals surface area contributed by atoms with Gasteiger partial charge in [-0.05, 0) is 67.6 Å². The summed E-state index contributed by atoms with van der Waals surface area (Å²) in [6.07, 6.45) is 0.249. The Bertz CT molecular complexity index is 1130. The molecule has 2 aliphatic heterocycles. The Labute approximate surface area is 190 Å². The van der Waals surface area contributed by atoms with E-state index in [4.69, 9.17) is 9.47 Å². The molecule has 7 nitrogen and oxygen atoms in total. The quantitative estimate of drug-likeness (QED) is 0.704. The van der Waals surface area contributed by atoms with E-state index in [0.29, 0.717) is 55.8 Å². The second-order valence-corrected chi connectivity index (χ2v) is 10.4. The molecule has 0 spiro atoms. The Morgan fingerprint density at radius 2 is 1.47 bits per heavy atom. The number of benzene rings is 2. The molecular formula is C24H30N2O5S. The van der Waals surface area contributed by atoms with Crippen LogP contribution in [0.1, 0.15) is 27.8 Å². The van der Waals surface area contributed by atoms with Crippen LogP contribution >= 0.6 is 0 Å². The van der Waals surface area contributed by atoms with Crippen LogP contribution in [0.5, 0.6) is 11.5 Å². The van der Waals surface area contributed by atoms with Gasteiger partial charge in [-0.15, -0.1) is 0 Å². The first-order chi connectivity index (χ1) is 15.2. The van der Waals surface area contributed by atoms with E-state index in [2.05, 4.69) is 0 Å². The number of carbonyl (C=O) groups is 1. The minimum absolute atomic E-state index is 0.0162. The predicted octanol–water partition coefficient (Wildman–Crippen LogP) is 2.77. The average Bonchev–Trinajstić information content (AvgIpc) is 2.78. The van der Waals surface area contributed by atoms with Crippen molar-refractivity contribution in [2.75, 3.05) is 39.4 Å². The molecule has 2 heterocycles. The van der Waals surface area contributed by atoms with E-state index in [1.54, 1.807) is 4.90 Å². The van der Waals surface area contributed by atoms with Crippen molar-refractivity contribution >= 4 is 15.9 Å². The van der Waals surface area contributed by atoms with Crippen LogP contribution in [-0.2, 0) is 21.2 Å². The van der Waals surface area contributed by atoms with Gasteiger partial charge >= 0.3 is 0 Å². The van der Waals surface area contributed by atoms with Crippen LogP contribution in [0.4, 0.5) is 0 Å². The maximum atomic E-state index is 13.4. The number of nitrogens with zero attached hydrogens (tertiary/aromatic N) is 2. The van der Waals surface area contributed by atoms with Crippen molar-refractivity contribution in [3.63, 3.8) is 0 Å². The van der Waals surface area contributed by atoms with Crippen LogP contribution in [0.15, 0.2) is 29.2 Å². The van der Waals surface area contributed by atoms with Crippen LogP contribution in [-0.4, -0.2) is 62.9 Å². The Balaban J connectivity index is 1.43. The molecule has 0 N–H and O–H groups in total. The van der Waals surface area contributed by atoms with Crippen LogP contribution in [0.2, 0.25) is 0 Å². The highest BCUT2D eigenvalue weighted by atomic mass is 32.2. The van der Waals surface area contributed by atoms with E-state index in [1.165, 1.54) is 4.31 Å². The number of amides is 1. The van der Waals surface area contributed by atoms with E-state index >= 15 is 0 Å². The topological polar surface area (TPSA) is 76.2 Å². The second kappa shape index (κ2) is 8.75. The van der Waals surface area contributed by atoms with Gasteiger partial charge in [0.15, 0.2) is 11.5 Å². The van der Waals surface area contributed by atoms with Crippen molar-refractivity contribution in [2.45, 2.75) is 39.0 Å². The zero-order chi connectivity index (χ0) is 23.0. The number of piperazine rings is 1. The predicted molar refractivity (Wildman–Crippen MR) is 122 cm³/mol. The largest absolute Gasteiger partial charge is 0.486 e. The third-order valence-corrected chi connectivity index (χ3v) is 8.62. The van der Waals surface area contributed by atoms with Crippen LogP contribution < -0.4 is 9.47 Å². The molecule has 2 aliphatic rings. The SMILES string of the molecule is Cc1cc(C)c(C)c(S(=O)(=O)N2CCN(C(=O)Cc3ccc4c(c3)OCCO4)CC2)c1C. The minimum Gasteiger partial charge on any atom is -0.486 e. The summed E-state index contributed by atoms with van der Waals surface area (Å²) in [6, 6.07) is 7.57. The lowest BCUT2D eigenvalue weighted by molar-refractivity contribution is -0.131. The standard InChI is InChI=1S/C24H30N2O5S/c1-16-13-17(2)19(4)24(18(16)3)32(28,29)26-9-7-25(8-10-26)23(27)15-20-5-6-21-22(14-20)31-12-11-30-21/h5-6,13-14H,7-12,15H2,1-4H3. The van der Waals surface area contributed by atoms with Gasteiger partial charge in [0.05, 0.1) is 11.3 Å². The molecule has 0 aromatic heterocycles. The summed E-state index contributed by atoms with van der Waals surface area (Å²) in [7, 11) is -3.62. The molecule has 0 saturated carbocycles.